The number of aliphatic hydroxyl groups excluding tert-OH is 2. The van der Waals surface area contributed by atoms with Crippen molar-refractivity contribution < 1.29 is 29.6 Å². The van der Waals surface area contributed by atoms with Gasteiger partial charge in [0, 0.05) is 49.2 Å². The summed E-state index contributed by atoms with van der Waals surface area (Å²) in [5.74, 6) is 9.34. The van der Waals surface area contributed by atoms with E-state index in [0.717, 1.165) is 47.9 Å². The Morgan fingerprint density at radius 2 is 1.82 bits per heavy atom. The molecule has 0 radical (unpaired) electrons. The largest absolute Gasteiger partial charge is 0.504 e. The van der Waals surface area contributed by atoms with Crippen LogP contribution in [0.4, 0.5) is 0 Å². The van der Waals surface area contributed by atoms with E-state index < -0.39 is 17.6 Å². The Kier molecular flexibility index (Phi) is 14.0. The van der Waals surface area contributed by atoms with Gasteiger partial charge in [0.1, 0.15) is 11.2 Å². The van der Waals surface area contributed by atoms with Crippen LogP contribution in [0.1, 0.15) is 138 Å². The second-order valence-corrected chi connectivity index (χ2v) is 19.6. The monoisotopic (exact) mass is 844 g/mol. The van der Waals surface area contributed by atoms with Gasteiger partial charge < -0.3 is 36.4 Å². The molecule has 2 spiro atoms. The van der Waals surface area contributed by atoms with E-state index in [1.165, 1.54) is 45.6 Å². The summed E-state index contributed by atoms with van der Waals surface area (Å²) in [4.78, 5) is 26.8. The number of phenols is 1. The molecule has 9 nitrogen and oxygen atoms in total. The smallest absolute Gasteiger partial charge is 0.160 e. The number of nitrogens with one attached hydrogen (secondary N) is 2. The summed E-state index contributed by atoms with van der Waals surface area (Å²) in [7, 11) is 1.52. The highest BCUT2D eigenvalue weighted by atomic mass is 16.5. The topological polar surface area (TPSA) is 154 Å². The summed E-state index contributed by atoms with van der Waals surface area (Å²) in [5.41, 5.74) is 9.03. The molecule has 1 saturated heterocycles. The number of aromatic hydroxyl groups is 1. The van der Waals surface area contributed by atoms with Gasteiger partial charge in [-0.15, -0.1) is 0 Å². The molecule has 9 atom stereocenters. The Morgan fingerprint density at radius 3 is 2.60 bits per heavy atom. The third-order valence-electron chi connectivity index (χ3n) is 15.8. The second kappa shape index (κ2) is 19.6. The molecule has 0 aromatic heterocycles. The third kappa shape index (κ3) is 9.88. The van der Waals surface area contributed by atoms with Crippen molar-refractivity contribution >= 4 is 17.6 Å². The quantitative estimate of drug-likeness (QED) is 0.116. The fourth-order valence-corrected chi connectivity index (χ4v) is 12.2. The number of allylic oxidation sites excluding steroid dienone is 3. The van der Waals surface area contributed by atoms with Gasteiger partial charge in [-0.2, -0.15) is 0 Å². The first-order valence-corrected chi connectivity index (χ1v) is 23.8. The molecule has 3 saturated carbocycles. The van der Waals surface area contributed by atoms with Crippen LogP contribution in [0.3, 0.4) is 0 Å². The molecule has 0 bridgehead atoms. The molecule has 62 heavy (non-hydrogen) atoms. The van der Waals surface area contributed by atoms with E-state index in [0.29, 0.717) is 99.1 Å². The van der Waals surface area contributed by atoms with Crippen LogP contribution in [0.25, 0.3) is 6.08 Å². The number of ether oxygens (including phenoxy) is 1. The maximum atomic E-state index is 14.4. The van der Waals surface area contributed by atoms with Crippen LogP contribution in [0.5, 0.6) is 11.5 Å². The number of carbonyl (C=O) groups is 2. The Bertz CT molecular complexity index is 2080. The number of piperidine rings is 1. The van der Waals surface area contributed by atoms with Crippen molar-refractivity contribution in [1.29, 1.82) is 0 Å². The van der Waals surface area contributed by atoms with Crippen LogP contribution in [0, 0.1) is 40.9 Å². The average Bonchev–Trinajstić information content (AvgIpc) is 3.32. The number of nitrogens with two attached hydrogens (primary N) is 1. The van der Waals surface area contributed by atoms with Crippen molar-refractivity contribution in [3.05, 3.63) is 88.8 Å². The Morgan fingerprint density at radius 1 is 1.00 bits per heavy atom. The lowest BCUT2D eigenvalue weighted by molar-refractivity contribution is -0.134. The van der Waals surface area contributed by atoms with E-state index in [-0.39, 0.29) is 35.3 Å². The van der Waals surface area contributed by atoms with Crippen LogP contribution in [0.2, 0.25) is 0 Å². The van der Waals surface area contributed by atoms with E-state index in [4.69, 9.17) is 10.5 Å². The van der Waals surface area contributed by atoms with E-state index >= 15 is 0 Å². The van der Waals surface area contributed by atoms with E-state index in [9.17, 15) is 24.9 Å². The van der Waals surface area contributed by atoms with Crippen LogP contribution in [-0.2, 0) is 16.0 Å². The van der Waals surface area contributed by atoms with Gasteiger partial charge in [0.2, 0.25) is 0 Å². The van der Waals surface area contributed by atoms with Crippen molar-refractivity contribution in [2.24, 2.45) is 34.8 Å². The molecule has 0 amide bonds. The number of methoxy groups -OCH3 is 1. The van der Waals surface area contributed by atoms with Gasteiger partial charge in [-0.05, 0) is 135 Å². The van der Waals surface area contributed by atoms with Gasteiger partial charge in [0.15, 0.2) is 17.3 Å². The summed E-state index contributed by atoms with van der Waals surface area (Å²) >= 11 is 0. The maximum Gasteiger partial charge on any atom is 0.160 e. The van der Waals surface area contributed by atoms with Gasteiger partial charge in [-0.1, -0.05) is 86.1 Å². The summed E-state index contributed by atoms with van der Waals surface area (Å²) in [6.07, 6.45) is 22.7. The number of aryl methyl sites for hydroxylation is 1. The molecule has 2 aliphatic heterocycles. The average molecular weight is 844 g/mol. The molecular weight excluding hydrogens is 775 g/mol. The fraction of sp³-hybridized carbons (Fsp3) is 0.585. The SMILES string of the molecule is COc1cc2c(cc1O)[C@@H](CC[C@H](O)C[C@H](/C=C/c1ccccc1)C1=CCNC(N)=C1)C#C[C@@]1(CC[C@H](CC[C@@H]3C[C@@H]4CCC(=O)C[C@H]4NC34CCCCC4)C[C@H]1O)C(=O)CC2. The number of dihydropyridines is 1. The molecular formula is C53H69N3O6. The Balaban J connectivity index is 0.984. The number of aliphatic hydroxyl groups is 2. The summed E-state index contributed by atoms with van der Waals surface area (Å²) < 4.78 is 5.51. The highest BCUT2D eigenvalue weighted by Crippen LogP contribution is 2.49. The zero-order valence-electron chi connectivity index (χ0n) is 36.8. The van der Waals surface area contributed by atoms with E-state index in [1.807, 2.05) is 30.3 Å². The molecule has 9 heteroatoms. The highest BCUT2D eigenvalue weighted by Gasteiger charge is 2.50. The number of phenolic OH excluding ortho intramolecular Hbond substituents is 1. The van der Waals surface area contributed by atoms with Gasteiger partial charge in [-0.25, -0.2) is 0 Å². The molecule has 4 fully saturated rings. The third-order valence-corrected chi connectivity index (χ3v) is 15.8. The van der Waals surface area contributed by atoms with E-state index in [2.05, 4.69) is 52.8 Å². The van der Waals surface area contributed by atoms with Crippen LogP contribution >= 0.6 is 0 Å². The molecule has 0 unspecified atom stereocenters. The first-order valence-electron chi connectivity index (χ1n) is 23.8. The summed E-state index contributed by atoms with van der Waals surface area (Å²) in [5, 5.41) is 42.1. The number of fused-ring (bicyclic) bond motifs is 2. The molecule has 6 aliphatic rings. The number of ketones is 2. The minimum atomic E-state index is -1.15. The van der Waals surface area contributed by atoms with Crippen molar-refractivity contribution in [2.45, 2.75) is 152 Å². The molecule has 8 rings (SSSR count). The van der Waals surface area contributed by atoms with E-state index in [1.54, 1.807) is 6.07 Å². The minimum Gasteiger partial charge on any atom is -0.504 e. The molecule has 7 N–H and O–H groups in total. The lowest BCUT2D eigenvalue weighted by Crippen LogP contribution is -2.63. The van der Waals surface area contributed by atoms with Gasteiger partial charge >= 0.3 is 0 Å². The molecule has 4 aliphatic carbocycles. The number of Topliss-reactive ketones (excluding diaryl/α,β-unsaturated/α-hetero) is 2. The van der Waals surface area contributed by atoms with Crippen molar-refractivity contribution in [1.82, 2.24) is 10.6 Å². The number of hydrogen-bond donors (Lipinski definition) is 6. The summed E-state index contributed by atoms with van der Waals surface area (Å²) in [6, 6.07) is 14.0. The molecule has 2 heterocycles. The predicted molar refractivity (Wildman–Crippen MR) is 244 cm³/mol. The van der Waals surface area contributed by atoms with Crippen LogP contribution in [-0.4, -0.2) is 64.3 Å². The predicted octanol–water partition coefficient (Wildman–Crippen LogP) is 8.17. The first kappa shape index (κ1) is 44.3. The molecule has 332 valence electrons. The van der Waals surface area contributed by atoms with Gasteiger partial charge in [0.25, 0.3) is 0 Å². The minimum absolute atomic E-state index is 0.0132. The number of benzene rings is 2. The zero-order valence-corrected chi connectivity index (χ0v) is 36.8. The molecule has 2 aromatic rings. The first-order chi connectivity index (χ1) is 30.0. The lowest BCUT2D eigenvalue weighted by Gasteiger charge is -2.54. The van der Waals surface area contributed by atoms with Crippen LogP contribution in [0.15, 0.2) is 72.1 Å². The van der Waals surface area contributed by atoms with Crippen molar-refractivity contribution in [2.75, 3.05) is 13.7 Å². The Hall–Kier alpha value is -4.36. The summed E-state index contributed by atoms with van der Waals surface area (Å²) in [6.45, 7) is 0.626. The number of hydrogen-bond acceptors (Lipinski definition) is 9. The van der Waals surface area contributed by atoms with Crippen LogP contribution < -0.4 is 21.1 Å². The Labute approximate surface area is 369 Å². The zero-order chi connectivity index (χ0) is 43.3. The normalized spacial score (nSPS) is 30.6. The number of carbonyl (C=O) groups excluding carboxylic acids is 2. The maximum absolute atomic E-state index is 14.4. The lowest BCUT2D eigenvalue weighted by atomic mass is 9.60. The molecule has 2 aromatic carbocycles. The standard InChI is InChI=1S/C53H69N3O6/c1-62-48-31-40-15-19-49(60)52(25-20-36(28-50(52)61)11-16-42-29-41-14-18-44(58)33-46(41)56-53(42)23-6-3-7-24-53)26-21-37(45(40)34-47(48)59)13-17-43(57)30-38(39-22-27-55-51(54)32-39)12-10-35-8-4-2-5-9-35/h2,4-5,8-10,12,22,31-32,34,36-38,41-43,46,50,55-57,59,61H,3,6-7,11,13-20,23-25,27-30,33,54H2,1H3/b12-10+/t36-,37-,38-,41-,42+,43-,46+,50+,52-/m0/s1. The van der Waals surface area contributed by atoms with Crippen molar-refractivity contribution in [3.63, 3.8) is 0 Å². The van der Waals surface area contributed by atoms with Gasteiger partial charge in [-0.3, -0.25) is 9.59 Å². The number of rotatable bonds is 12. The van der Waals surface area contributed by atoms with Gasteiger partial charge in [0.05, 0.1) is 25.1 Å². The second-order valence-electron chi connectivity index (χ2n) is 19.6. The van der Waals surface area contributed by atoms with Crippen molar-refractivity contribution in [3.8, 4) is 23.3 Å². The fourth-order valence-electron chi connectivity index (χ4n) is 12.2. The highest BCUT2D eigenvalue weighted by molar-refractivity contribution is 5.89.